The molecule has 1 atom stereocenters. The zero-order valence-corrected chi connectivity index (χ0v) is 15.0. The van der Waals surface area contributed by atoms with Crippen LogP contribution in [0.5, 0.6) is 5.75 Å². The Hall–Kier alpha value is -1.96. The third kappa shape index (κ3) is 3.11. The number of likely N-dealkylation sites (tertiary alicyclic amines) is 1. The van der Waals surface area contributed by atoms with Crippen molar-refractivity contribution < 1.29 is 23.8 Å². The van der Waals surface area contributed by atoms with Gasteiger partial charge in [0.05, 0.1) is 38.0 Å². The van der Waals surface area contributed by atoms with E-state index in [2.05, 4.69) is 4.90 Å². The minimum Gasteiger partial charge on any atom is -0.494 e. The van der Waals surface area contributed by atoms with Gasteiger partial charge < -0.3 is 14.2 Å². The van der Waals surface area contributed by atoms with Gasteiger partial charge in [0.1, 0.15) is 5.75 Å². The van der Waals surface area contributed by atoms with Crippen molar-refractivity contribution >= 4 is 17.5 Å². The average molecular weight is 360 g/mol. The largest absolute Gasteiger partial charge is 0.494 e. The van der Waals surface area contributed by atoms with E-state index in [9.17, 15) is 9.59 Å². The fourth-order valence-electron chi connectivity index (χ4n) is 3.99. The summed E-state index contributed by atoms with van der Waals surface area (Å²) < 4.78 is 16.9. The van der Waals surface area contributed by atoms with Crippen molar-refractivity contribution in [3.63, 3.8) is 0 Å². The van der Waals surface area contributed by atoms with Crippen molar-refractivity contribution in [1.82, 2.24) is 4.90 Å². The minimum absolute atomic E-state index is 0.150. The van der Waals surface area contributed by atoms with Gasteiger partial charge in [-0.3, -0.25) is 14.5 Å². The van der Waals surface area contributed by atoms with E-state index in [0.29, 0.717) is 38.6 Å². The van der Waals surface area contributed by atoms with Gasteiger partial charge in [-0.2, -0.15) is 0 Å². The van der Waals surface area contributed by atoms with Gasteiger partial charge in [-0.15, -0.1) is 0 Å². The Balaban J connectivity index is 1.44. The number of piperidine rings is 1. The van der Waals surface area contributed by atoms with Crippen LogP contribution in [-0.4, -0.2) is 61.5 Å². The van der Waals surface area contributed by atoms with Gasteiger partial charge in [-0.1, -0.05) is 0 Å². The van der Waals surface area contributed by atoms with E-state index in [4.69, 9.17) is 14.2 Å². The normalized spacial score (nSPS) is 26.0. The zero-order valence-electron chi connectivity index (χ0n) is 15.0. The van der Waals surface area contributed by atoms with Gasteiger partial charge >= 0.3 is 0 Å². The van der Waals surface area contributed by atoms with E-state index in [0.717, 1.165) is 18.6 Å². The molecule has 0 bridgehead atoms. The maximum Gasteiger partial charge on any atom is 0.251 e. The minimum atomic E-state index is -0.475. The highest BCUT2D eigenvalue weighted by molar-refractivity contribution is 6.22. The predicted octanol–water partition coefficient (Wildman–Crippen LogP) is 1.56. The molecule has 0 unspecified atom stereocenters. The Labute approximate surface area is 152 Å². The summed E-state index contributed by atoms with van der Waals surface area (Å²) in [5.41, 5.74) is 0.599. The first kappa shape index (κ1) is 17.5. The van der Waals surface area contributed by atoms with Crippen molar-refractivity contribution in [2.24, 2.45) is 0 Å². The Morgan fingerprint density at radius 2 is 1.77 bits per heavy atom. The molecule has 3 aliphatic rings. The molecule has 4 rings (SSSR count). The van der Waals surface area contributed by atoms with Crippen molar-refractivity contribution in [3.8, 4) is 5.75 Å². The Morgan fingerprint density at radius 3 is 2.38 bits per heavy atom. The lowest BCUT2D eigenvalue weighted by atomic mass is 10.0. The summed E-state index contributed by atoms with van der Waals surface area (Å²) in [6.45, 7) is 5.14. The maximum atomic E-state index is 12.9. The van der Waals surface area contributed by atoms with E-state index < -0.39 is 11.8 Å². The van der Waals surface area contributed by atoms with E-state index >= 15 is 0 Å². The second kappa shape index (κ2) is 6.98. The van der Waals surface area contributed by atoms with Crippen LogP contribution in [0.1, 0.15) is 26.2 Å². The number of imide groups is 1. The molecule has 3 aliphatic heterocycles. The molecule has 3 fully saturated rings. The zero-order chi connectivity index (χ0) is 18.1. The lowest BCUT2D eigenvalue weighted by Gasteiger charge is -2.39. The monoisotopic (exact) mass is 360 g/mol. The summed E-state index contributed by atoms with van der Waals surface area (Å²) in [4.78, 5) is 28.8. The summed E-state index contributed by atoms with van der Waals surface area (Å²) >= 11 is 0. The molecule has 0 saturated carbocycles. The fourth-order valence-corrected chi connectivity index (χ4v) is 3.99. The van der Waals surface area contributed by atoms with Gasteiger partial charge in [-0.25, -0.2) is 4.90 Å². The summed E-state index contributed by atoms with van der Waals surface area (Å²) in [7, 11) is 0. The molecular weight excluding hydrogens is 336 g/mol. The average Bonchev–Trinajstić information content (AvgIpc) is 3.22. The van der Waals surface area contributed by atoms with E-state index in [1.807, 2.05) is 6.92 Å². The van der Waals surface area contributed by atoms with E-state index in [-0.39, 0.29) is 18.2 Å². The first-order chi connectivity index (χ1) is 12.6. The highest BCUT2D eigenvalue weighted by Crippen LogP contribution is 2.34. The molecule has 7 nitrogen and oxygen atoms in total. The molecule has 3 saturated heterocycles. The second-order valence-corrected chi connectivity index (χ2v) is 6.86. The van der Waals surface area contributed by atoms with E-state index in [1.54, 1.807) is 24.3 Å². The number of hydrogen-bond acceptors (Lipinski definition) is 6. The van der Waals surface area contributed by atoms with Crippen LogP contribution in [0.3, 0.4) is 0 Å². The van der Waals surface area contributed by atoms with Crippen molar-refractivity contribution in [1.29, 1.82) is 0 Å². The second-order valence-electron chi connectivity index (χ2n) is 6.86. The van der Waals surface area contributed by atoms with Crippen molar-refractivity contribution in [3.05, 3.63) is 24.3 Å². The molecule has 0 aromatic heterocycles. The summed E-state index contributed by atoms with van der Waals surface area (Å²) in [5.74, 6) is -0.0530. The molecule has 0 aliphatic carbocycles. The lowest BCUT2D eigenvalue weighted by molar-refractivity contribution is -0.188. The SMILES string of the molecule is CCOc1ccc(N2C(=O)C[C@H](N3CCC4(CC3)OCCO4)C2=O)cc1. The molecule has 0 N–H and O–H groups in total. The maximum absolute atomic E-state index is 12.9. The number of benzene rings is 1. The van der Waals surface area contributed by atoms with Crippen LogP contribution in [0.2, 0.25) is 0 Å². The van der Waals surface area contributed by atoms with Crippen molar-refractivity contribution in [2.45, 2.75) is 38.0 Å². The first-order valence-electron chi connectivity index (χ1n) is 9.23. The van der Waals surface area contributed by atoms with Crippen LogP contribution >= 0.6 is 0 Å². The molecule has 0 radical (unpaired) electrons. The standard InChI is InChI=1S/C19H24N2O5/c1-2-24-15-5-3-14(4-6-15)21-17(22)13-16(18(21)23)20-9-7-19(8-10-20)25-11-12-26-19/h3-6,16H,2,7-13H2,1H3/t16-/m0/s1. The molecular formula is C19H24N2O5. The van der Waals surface area contributed by atoms with Gasteiger partial charge in [0.15, 0.2) is 5.79 Å². The van der Waals surface area contributed by atoms with Crippen LogP contribution < -0.4 is 9.64 Å². The molecule has 1 aromatic rings. The van der Waals surface area contributed by atoms with Crippen LogP contribution in [0, 0.1) is 0 Å². The molecule has 2 amide bonds. The van der Waals surface area contributed by atoms with Gasteiger partial charge in [0.25, 0.3) is 5.91 Å². The number of carbonyl (C=O) groups is 2. The fraction of sp³-hybridized carbons (Fsp3) is 0.579. The van der Waals surface area contributed by atoms with Gasteiger partial charge in [0, 0.05) is 25.9 Å². The molecule has 1 spiro atoms. The Kier molecular flexibility index (Phi) is 4.69. The molecule has 3 heterocycles. The summed E-state index contributed by atoms with van der Waals surface area (Å²) in [6.07, 6.45) is 1.68. The van der Waals surface area contributed by atoms with Crippen LogP contribution in [0.4, 0.5) is 5.69 Å². The first-order valence-corrected chi connectivity index (χ1v) is 9.23. The Morgan fingerprint density at radius 1 is 1.12 bits per heavy atom. The summed E-state index contributed by atoms with van der Waals surface area (Å²) in [6, 6.07) is 6.69. The third-order valence-electron chi connectivity index (χ3n) is 5.34. The van der Waals surface area contributed by atoms with Gasteiger partial charge in [-0.05, 0) is 31.2 Å². The smallest absolute Gasteiger partial charge is 0.251 e. The lowest BCUT2D eigenvalue weighted by Crippen LogP contribution is -2.51. The van der Waals surface area contributed by atoms with Gasteiger partial charge in [0.2, 0.25) is 5.91 Å². The molecule has 26 heavy (non-hydrogen) atoms. The number of ether oxygens (including phenoxy) is 3. The molecule has 7 heteroatoms. The van der Waals surface area contributed by atoms with Crippen LogP contribution in [0.25, 0.3) is 0 Å². The van der Waals surface area contributed by atoms with Crippen LogP contribution in [0.15, 0.2) is 24.3 Å². The molecule has 1 aromatic carbocycles. The topological polar surface area (TPSA) is 68.3 Å². The quantitative estimate of drug-likeness (QED) is 0.759. The predicted molar refractivity (Wildman–Crippen MR) is 94.0 cm³/mol. The van der Waals surface area contributed by atoms with Crippen LogP contribution in [-0.2, 0) is 19.1 Å². The molecule has 140 valence electrons. The van der Waals surface area contributed by atoms with E-state index in [1.165, 1.54) is 4.90 Å². The summed E-state index contributed by atoms with van der Waals surface area (Å²) in [5, 5.41) is 0. The highest BCUT2D eigenvalue weighted by atomic mass is 16.7. The number of carbonyl (C=O) groups excluding carboxylic acids is 2. The number of rotatable bonds is 4. The number of amides is 2. The Bertz CT molecular complexity index is 674. The van der Waals surface area contributed by atoms with Crippen molar-refractivity contribution in [2.75, 3.05) is 37.8 Å². The number of hydrogen-bond donors (Lipinski definition) is 0. The highest BCUT2D eigenvalue weighted by Gasteiger charge is 2.47. The number of nitrogens with zero attached hydrogens (tertiary/aromatic N) is 2. The third-order valence-corrected chi connectivity index (χ3v) is 5.34. The number of anilines is 1.